The van der Waals surface area contributed by atoms with Gasteiger partial charge in [-0.2, -0.15) is 5.10 Å². The van der Waals surface area contributed by atoms with Crippen LogP contribution in [0.5, 0.6) is 0 Å². The summed E-state index contributed by atoms with van der Waals surface area (Å²) in [5.74, 6) is -0.252. The van der Waals surface area contributed by atoms with Crippen LogP contribution in [-0.2, 0) is 7.05 Å². The van der Waals surface area contributed by atoms with Crippen LogP contribution in [0.4, 0.5) is 5.69 Å². The van der Waals surface area contributed by atoms with Crippen molar-refractivity contribution in [2.45, 2.75) is 13.8 Å². The number of para-hydroxylation sites is 1. The van der Waals surface area contributed by atoms with Crippen LogP contribution in [0.2, 0.25) is 5.02 Å². The Morgan fingerprint density at radius 3 is 2.44 bits per heavy atom. The Balaban J connectivity index is 2.33. The van der Waals surface area contributed by atoms with Crippen molar-refractivity contribution < 1.29 is 4.79 Å². The maximum absolute atomic E-state index is 12.2. The zero-order valence-electron chi connectivity index (χ0n) is 10.5. The van der Waals surface area contributed by atoms with Gasteiger partial charge in [0.15, 0.2) is 0 Å². The molecule has 1 heterocycles. The van der Waals surface area contributed by atoms with E-state index in [-0.39, 0.29) is 5.91 Å². The molecule has 0 saturated heterocycles. The third-order valence-corrected chi connectivity index (χ3v) is 3.11. The molecule has 0 saturated carbocycles. The number of nitrogens with zero attached hydrogens (tertiary/aromatic N) is 2. The normalized spacial score (nSPS) is 10.4. The van der Waals surface area contributed by atoms with Gasteiger partial charge in [0.2, 0.25) is 0 Å². The molecule has 1 aromatic heterocycles. The van der Waals surface area contributed by atoms with E-state index in [1.807, 2.05) is 32.0 Å². The van der Waals surface area contributed by atoms with Gasteiger partial charge in [0.05, 0.1) is 11.2 Å². The highest BCUT2D eigenvalue weighted by Crippen LogP contribution is 2.22. The van der Waals surface area contributed by atoms with Crippen molar-refractivity contribution in [1.82, 2.24) is 9.78 Å². The molecule has 0 aliphatic heterocycles. The molecule has 0 unspecified atom stereocenters. The average Bonchev–Trinajstić information content (AvgIpc) is 2.64. The summed E-state index contributed by atoms with van der Waals surface area (Å²) in [5, 5.41) is 7.17. The van der Waals surface area contributed by atoms with Crippen LogP contribution in [0.3, 0.4) is 0 Å². The lowest BCUT2D eigenvalue weighted by Crippen LogP contribution is -2.17. The van der Waals surface area contributed by atoms with Crippen LogP contribution in [0.15, 0.2) is 24.4 Å². The van der Waals surface area contributed by atoms with Crippen molar-refractivity contribution in [3.8, 4) is 0 Å². The van der Waals surface area contributed by atoms with Crippen LogP contribution < -0.4 is 5.32 Å². The predicted octanol–water partition coefficient (Wildman–Crippen LogP) is 2.94. The number of anilines is 1. The van der Waals surface area contributed by atoms with Crippen LogP contribution in [-0.4, -0.2) is 15.7 Å². The largest absolute Gasteiger partial charge is 0.320 e. The van der Waals surface area contributed by atoms with Gasteiger partial charge in [0.1, 0.15) is 5.69 Å². The summed E-state index contributed by atoms with van der Waals surface area (Å²) in [4.78, 5) is 12.2. The highest BCUT2D eigenvalue weighted by Gasteiger charge is 2.16. The van der Waals surface area contributed by atoms with E-state index in [9.17, 15) is 4.79 Å². The predicted molar refractivity (Wildman–Crippen MR) is 72.1 cm³/mol. The zero-order chi connectivity index (χ0) is 13.3. The van der Waals surface area contributed by atoms with E-state index < -0.39 is 0 Å². The van der Waals surface area contributed by atoms with E-state index >= 15 is 0 Å². The zero-order valence-corrected chi connectivity index (χ0v) is 11.2. The van der Waals surface area contributed by atoms with Crippen LogP contribution in [0.1, 0.15) is 21.6 Å². The maximum Gasteiger partial charge on any atom is 0.275 e. The lowest BCUT2D eigenvalue weighted by atomic mass is 10.1. The Labute approximate surface area is 111 Å². The number of benzene rings is 1. The van der Waals surface area contributed by atoms with Crippen molar-refractivity contribution in [3.05, 3.63) is 46.2 Å². The van der Waals surface area contributed by atoms with E-state index in [0.29, 0.717) is 10.7 Å². The molecule has 1 aromatic carbocycles. The van der Waals surface area contributed by atoms with Crippen molar-refractivity contribution in [3.63, 3.8) is 0 Å². The van der Waals surface area contributed by atoms with Gasteiger partial charge in [-0.25, -0.2) is 0 Å². The summed E-state index contributed by atoms with van der Waals surface area (Å²) >= 11 is 5.94. The summed E-state index contributed by atoms with van der Waals surface area (Å²) in [6.45, 7) is 3.90. The molecular formula is C13H14ClN3O. The minimum atomic E-state index is -0.252. The topological polar surface area (TPSA) is 46.9 Å². The lowest BCUT2D eigenvalue weighted by molar-refractivity contribution is 0.101. The van der Waals surface area contributed by atoms with Crippen LogP contribution >= 0.6 is 11.6 Å². The number of rotatable bonds is 2. The maximum atomic E-state index is 12.2. The molecule has 94 valence electrons. The van der Waals surface area contributed by atoms with Gasteiger partial charge in [0, 0.05) is 12.7 Å². The van der Waals surface area contributed by atoms with Gasteiger partial charge in [-0.15, -0.1) is 0 Å². The second kappa shape index (κ2) is 4.82. The highest BCUT2D eigenvalue weighted by molar-refractivity contribution is 6.34. The SMILES string of the molecule is Cc1cccc(C)c1NC(=O)c1c(Cl)cnn1C. The van der Waals surface area contributed by atoms with Crippen LogP contribution in [0, 0.1) is 13.8 Å². The first-order chi connectivity index (χ1) is 8.50. The van der Waals surface area contributed by atoms with Gasteiger partial charge < -0.3 is 5.32 Å². The molecule has 1 N–H and O–H groups in total. The smallest absolute Gasteiger partial charge is 0.275 e. The number of halogens is 1. The molecule has 2 rings (SSSR count). The Hall–Kier alpha value is -1.81. The Morgan fingerprint density at radius 1 is 1.33 bits per heavy atom. The third-order valence-electron chi connectivity index (χ3n) is 2.83. The Kier molecular flexibility index (Phi) is 3.39. The molecule has 0 spiro atoms. The fraction of sp³-hybridized carbons (Fsp3) is 0.231. The van der Waals surface area contributed by atoms with Gasteiger partial charge in [-0.1, -0.05) is 29.8 Å². The molecule has 1 amide bonds. The monoisotopic (exact) mass is 263 g/mol. The van der Waals surface area contributed by atoms with E-state index in [1.54, 1.807) is 7.05 Å². The number of hydrogen-bond acceptors (Lipinski definition) is 2. The molecule has 4 nitrogen and oxygen atoms in total. The fourth-order valence-electron chi connectivity index (χ4n) is 1.85. The van der Waals surface area contributed by atoms with Gasteiger partial charge in [-0.3, -0.25) is 9.48 Å². The molecule has 18 heavy (non-hydrogen) atoms. The molecule has 0 radical (unpaired) electrons. The fourth-order valence-corrected chi connectivity index (χ4v) is 2.10. The second-order valence-electron chi connectivity index (χ2n) is 4.19. The minimum Gasteiger partial charge on any atom is -0.320 e. The van der Waals surface area contributed by atoms with Gasteiger partial charge in [0.25, 0.3) is 5.91 Å². The lowest BCUT2D eigenvalue weighted by Gasteiger charge is -2.11. The summed E-state index contributed by atoms with van der Waals surface area (Å²) in [7, 11) is 1.69. The molecule has 0 aliphatic rings. The van der Waals surface area contributed by atoms with Crippen molar-refractivity contribution in [2.75, 3.05) is 5.32 Å². The summed E-state index contributed by atoms with van der Waals surface area (Å²) in [6, 6.07) is 5.86. The number of nitrogens with one attached hydrogen (secondary N) is 1. The minimum absolute atomic E-state index is 0.252. The van der Waals surface area contributed by atoms with Crippen molar-refractivity contribution >= 4 is 23.2 Å². The van der Waals surface area contributed by atoms with E-state index in [1.165, 1.54) is 10.9 Å². The number of amides is 1. The molecule has 0 fully saturated rings. The van der Waals surface area contributed by atoms with Crippen molar-refractivity contribution in [1.29, 1.82) is 0 Å². The van der Waals surface area contributed by atoms with E-state index in [0.717, 1.165) is 16.8 Å². The van der Waals surface area contributed by atoms with E-state index in [2.05, 4.69) is 10.4 Å². The first-order valence-electron chi connectivity index (χ1n) is 5.55. The number of aromatic nitrogens is 2. The molecule has 0 bridgehead atoms. The first kappa shape index (κ1) is 12.6. The van der Waals surface area contributed by atoms with E-state index in [4.69, 9.17) is 11.6 Å². The number of aryl methyl sites for hydroxylation is 3. The third kappa shape index (κ3) is 2.24. The van der Waals surface area contributed by atoms with Crippen molar-refractivity contribution in [2.24, 2.45) is 7.05 Å². The van der Waals surface area contributed by atoms with Gasteiger partial charge in [-0.05, 0) is 25.0 Å². The average molecular weight is 264 g/mol. The summed E-state index contributed by atoms with van der Waals surface area (Å²) in [5.41, 5.74) is 3.21. The number of carbonyl (C=O) groups is 1. The second-order valence-corrected chi connectivity index (χ2v) is 4.59. The summed E-state index contributed by atoms with van der Waals surface area (Å²) in [6.07, 6.45) is 1.46. The van der Waals surface area contributed by atoms with Gasteiger partial charge >= 0.3 is 0 Å². The molecule has 0 aliphatic carbocycles. The number of hydrogen-bond donors (Lipinski definition) is 1. The Morgan fingerprint density at radius 2 is 1.94 bits per heavy atom. The standard InChI is InChI=1S/C13H14ClN3O/c1-8-5-4-6-9(2)11(8)16-13(18)12-10(14)7-15-17(12)3/h4-7H,1-3H3,(H,16,18). The highest BCUT2D eigenvalue weighted by atomic mass is 35.5. The van der Waals surface area contributed by atoms with Crippen LogP contribution in [0.25, 0.3) is 0 Å². The molecular weight excluding hydrogens is 250 g/mol. The molecule has 5 heteroatoms. The number of carbonyl (C=O) groups excluding carboxylic acids is 1. The molecule has 2 aromatic rings. The quantitative estimate of drug-likeness (QED) is 0.906. The first-order valence-corrected chi connectivity index (χ1v) is 5.93. The summed E-state index contributed by atoms with van der Waals surface area (Å²) < 4.78 is 1.46. The molecule has 0 atom stereocenters. The Bertz CT molecular complexity index is 565.